The van der Waals surface area contributed by atoms with E-state index in [1.807, 2.05) is 0 Å². The molecule has 0 radical (unpaired) electrons. The third kappa shape index (κ3) is 1.18. The largest absolute Gasteiger partial charge is 0.277 e. The Balaban J connectivity index is 2.91. The first kappa shape index (κ1) is 11.3. The Morgan fingerprint density at radius 2 is 1.25 bits per heavy atom. The molecule has 0 spiro atoms. The molecule has 16 heavy (non-hydrogen) atoms. The predicted octanol–water partition coefficient (Wildman–Crippen LogP) is 2.50. The highest BCUT2D eigenvalue weighted by molar-refractivity contribution is 6.42. The van der Waals surface area contributed by atoms with Crippen molar-refractivity contribution in [3.63, 3.8) is 0 Å². The Bertz CT molecular complexity index is 498. The Kier molecular flexibility index (Phi) is 2.40. The van der Waals surface area contributed by atoms with Gasteiger partial charge in [-0.1, -0.05) is 23.2 Å². The number of rotatable bonds is 0. The number of carbonyl (C=O) groups is 2. The van der Waals surface area contributed by atoms with Crippen LogP contribution in [0.3, 0.4) is 0 Å². The number of carbonyl (C=O) groups excluding carboxylic acids is 2. The van der Waals surface area contributed by atoms with Crippen LogP contribution in [-0.4, -0.2) is 23.8 Å². The quantitative estimate of drug-likeness (QED) is 0.411. The summed E-state index contributed by atoms with van der Waals surface area (Å²) >= 11 is 10.9. The molecule has 0 bridgehead atoms. The van der Waals surface area contributed by atoms with Gasteiger partial charge in [0.15, 0.2) is 11.6 Å². The second kappa shape index (κ2) is 3.40. The van der Waals surface area contributed by atoms with Crippen LogP contribution < -0.4 is 0 Å². The van der Waals surface area contributed by atoms with Gasteiger partial charge in [0, 0.05) is 7.05 Å². The van der Waals surface area contributed by atoms with Crippen molar-refractivity contribution >= 4 is 35.0 Å². The van der Waals surface area contributed by atoms with Crippen LogP contribution >= 0.6 is 23.2 Å². The summed E-state index contributed by atoms with van der Waals surface area (Å²) < 4.78 is 26.4. The molecule has 1 aromatic rings. The third-order valence-electron chi connectivity index (χ3n) is 2.30. The lowest BCUT2D eigenvalue weighted by Gasteiger charge is -2.03. The van der Waals surface area contributed by atoms with Crippen LogP contribution in [0.5, 0.6) is 0 Å². The minimum absolute atomic E-state index is 0.391. The van der Waals surface area contributed by atoms with Crippen LogP contribution in [0.2, 0.25) is 10.0 Å². The van der Waals surface area contributed by atoms with Crippen LogP contribution in [0.15, 0.2) is 0 Å². The number of hydrogen-bond donors (Lipinski definition) is 0. The molecule has 0 saturated carbocycles. The van der Waals surface area contributed by atoms with Crippen molar-refractivity contribution in [2.45, 2.75) is 0 Å². The van der Waals surface area contributed by atoms with E-state index >= 15 is 0 Å². The van der Waals surface area contributed by atoms with E-state index in [1.165, 1.54) is 7.05 Å². The molecule has 0 saturated heterocycles. The van der Waals surface area contributed by atoms with E-state index < -0.39 is 44.6 Å². The lowest BCUT2D eigenvalue weighted by atomic mass is 10.1. The normalized spacial score (nSPS) is 14.7. The highest BCUT2D eigenvalue weighted by Crippen LogP contribution is 2.37. The van der Waals surface area contributed by atoms with E-state index in [1.54, 1.807) is 0 Å². The predicted molar refractivity (Wildman–Crippen MR) is 52.8 cm³/mol. The standard InChI is InChI=1S/C9H3Cl2F2NO2/c1-14-8(15)2-3(9(14)16)5(11)7(13)6(12)4(2)10/h1H3. The van der Waals surface area contributed by atoms with Gasteiger partial charge < -0.3 is 0 Å². The zero-order valence-electron chi connectivity index (χ0n) is 7.78. The van der Waals surface area contributed by atoms with Crippen molar-refractivity contribution in [2.24, 2.45) is 0 Å². The molecule has 84 valence electrons. The number of fused-ring (bicyclic) bond motifs is 1. The fourth-order valence-corrected chi connectivity index (χ4v) is 1.98. The summed E-state index contributed by atoms with van der Waals surface area (Å²) in [7, 11) is 1.17. The second-order valence-corrected chi connectivity index (χ2v) is 3.93. The molecule has 1 aliphatic heterocycles. The van der Waals surface area contributed by atoms with Gasteiger partial charge in [-0.15, -0.1) is 0 Å². The lowest BCUT2D eigenvalue weighted by molar-refractivity contribution is 0.0693. The van der Waals surface area contributed by atoms with Crippen molar-refractivity contribution < 1.29 is 18.4 Å². The molecule has 0 atom stereocenters. The zero-order chi connectivity index (χ0) is 12.2. The molecule has 2 amide bonds. The molecular formula is C9H3Cl2F2NO2. The van der Waals surface area contributed by atoms with Crippen LogP contribution in [0.4, 0.5) is 8.78 Å². The van der Waals surface area contributed by atoms with Crippen LogP contribution in [0.25, 0.3) is 0 Å². The number of halogens is 4. The summed E-state index contributed by atoms with van der Waals surface area (Å²) in [5.41, 5.74) is -0.781. The first-order valence-electron chi connectivity index (χ1n) is 4.06. The molecule has 0 N–H and O–H groups in total. The molecule has 0 aliphatic carbocycles. The average Bonchev–Trinajstić information content (AvgIpc) is 2.48. The molecule has 1 aliphatic rings. The first-order valence-corrected chi connectivity index (χ1v) is 4.81. The molecule has 2 rings (SSSR count). The summed E-state index contributed by atoms with van der Waals surface area (Å²) in [6.45, 7) is 0. The summed E-state index contributed by atoms with van der Waals surface area (Å²) in [5, 5.41) is -1.45. The summed E-state index contributed by atoms with van der Waals surface area (Å²) in [5.74, 6) is -4.46. The molecule has 0 aromatic heterocycles. The van der Waals surface area contributed by atoms with E-state index in [0.717, 1.165) is 0 Å². The fourth-order valence-electron chi connectivity index (χ4n) is 1.46. The van der Waals surface area contributed by atoms with E-state index in [0.29, 0.717) is 4.90 Å². The molecular weight excluding hydrogens is 263 g/mol. The van der Waals surface area contributed by atoms with Gasteiger partial charge in [-0.3, -0.25) is 14.5 Å². The van der Waals surface area contributed by atoms with E-state index in [2.05, 4.69) is 0 Å². The van der Waals surface area contributed by atoms with Crippen molar-refractivity contribution in [1.29, 1.82) is 0 Å². The van der Waals surface area contributed by atoms with Gasteiger partial charge in [-0.2, -0.15) is 0 Å². The Morgan fingerprint density at radius 3 is 1.56 bits per heavy atom. The van der Waals surface area contributed by atoms with Crippen molar-refractivity contribution in [1.82, 2.24) is 4.90 Å². The average molecular weight is 266 g/mol. The third-order valence-corrected chi connectivity index (χ3v) is 3.01. The zero-order valence-corrected chi connectivity index (χ0v) is 9.29. The van der Waals surface area contributed by atoms with E-state index in [9.17, 15) is 18.4 Å². The maximum Gasteiger partial charge on any atom is 0.262 e. The SMILES string of the molecule is CN1C(=O)c2c(Cl)c(F)c(F)c(Cl)c2C1=O. The van der Waals surface area contributed by atoms with Crippen LogP contribution in [0, 0.1) is 11.6 Å². The van der Waals surface area contributed by atoms with Gasteiger partial charge in [-0.25, -0.2) is 8.78 Å². The topological polar surface area (TPSA) is 37.4 Å². The minimum Gasteiger partial charge on any atom is -0.277 e. The molecule has 3 nitrogen and oxygen atoms in total. The van der Waals surface area contributed by atoms with Crippen molar-refractivity contribution in [3.05, 3.63) is 32.8 Å². The monoisotopic (exact) mass is 265 g/mol. The summed E-state index contributed by atoms with van der Waals surface area (Å²) in [6, 6.07) is 0. The lowest BCUT2D eigenvalue weighted by Crippen LogP contribution is -2.24. The number of nitrogens with zero attached hydrogens (tertiary/aromatic N) is 1. The molecule has 7 heteroatoms. The highest BCUT2D eigenvalue weighted by Gasteiger charge is 2.40. The van der Waals surface area contributed by atoms with Gasteiger partial charge in [-0.05, 0) is 0 Å². The number of benzene rings is 1. The van der Waals surface area contributed by atoms with Gasteiger partial charge >= 0.3 is 0 Å². The minimum atomic E-state index is -1.43. The number of hydrogen-bond acceptors (Lipinski definition) is 2. The second-order valence-electron chi connectivity index (χ2n) is 3.18. The van der Waals surface area contributed by atoms with Gasteiger partial charge in [0.25, 0.3) is 11.8 Å². The fraction of sp³-hybridized carbons (Fsp3) is 0.111. The smallest absolute Gasteiger partial charge is 0.262 e. The summed E-state index contributed by atoms with van der Waals surface area (Å²) in [4.78, 5) is 23.7. The van der Waals surface area contributed by atoms with Crippen LogP contribution in [0.1, 0.15) is 20.7 Å². The van der Waals surface area contributed by atoms with Gasteiger partial charge in [0.2, 0.25) is 0 Å². The first-order chi connectivity index (χ1) is 7.37. The van der Waals surface area contributed by atoms with Crippen LogP contribution in [-0.2, 0) is 0 Å². The van der Waals surface area contributed by atoms with Crippen molar-refractivity contribution in [2.75, 3.05) is 7.05 Å². The molecule has 0 fully saturated rings. The van der Waals surface area contributed by atoms with Gasteiger partial charge in [0.1, 0.15) is 0 Å². The van der Waals surface area contributed by atoms with E-state index in [4.69, 9.17) is 23.2 Å². The Labute approximate surface area is 98.5 Å². The summed E-state index contributed by atoms with van der Waals surface area (Å²) in [6.07, 6.45) is 0. The van der Waals surface area contributed by atoms with Gasteiger partial charge in [0.05, 0.1) is 21.2 Å². The molecule has 1 heterocycles. The number of amides is 2. The van der Waals surface area contributed by atoms with E-state index in [-0.39, 0.29) is 0 Å². The maximum absolute atomic E-state index is 13.2. The molecule has 1 aromatic carbocycles. The van der Waals surface area contributed by atoms with Crippen molar-refractivity contribution in [3.8, 4) is 0 Å². The molecule has 0 unspecified atom stereocenters. The highest BCUT2D eigenvalue weighted by atomic mass is 35.5. The Hall–Kier alpha value is -1.20. The number of imide groups is 1. The Morgan fingerprint density at radius 1 is 0.938 bits per heavy atom. The maximum atomic E-state index is 13.2.